The largest absolute Gasteiger partial charge is 0.493 e. The van der Waals surface area contributed by atoms with Gasteiger partial charge in [0.1, 0.15) is 18.1 Å². The summed E-state index contributed by atoms with van der Waals surface area (Å²) in [6.07, 6.45) is 3.28. The molecule has 2 aromatic carbocycles. The molecule has 0 aliphatic carbocycles. The number of fused-ring (bicyclic) bond motifs is 1. The molecule has 0 saturated carbocycles. The maximum Gasteiger partial charge on any atom is 0.129 e. The summed E-state index contributed by atoms with van der Waals surface area (Å²) in [5.41, 5.74) is 6.90. The van der Waals surface area contributed by atoms with Crippen LogP contribution in [0.1, 0.15) is 49.3 Å². The Balaban J connectivity index is 1.87. The number of hydrogen-bond donors (Lipinski definition) is 1. The van der Waals surface area contributed by atoms with Gasteiger partial charge in [-0.15, -0.1) is 0 Å². The zero-order valence-electron chi connectivity index (χ0n) is 20.6. The highest BCUT2D eigenvalue weighted by Gasteiger charge is 2.28. The van der Waals surface area contributed by atoms with Crippen LogP contribution in [0.5, 0.6) is 5.75 Å². The normalized spacial score (nSPS) is 14.2. The fraction of sp³-hybridized carbons (Fsp3) is 0.345. The monoisotopic (exact) mass is 470 g/mol. The molecular weight excluding hydrogens is 440 g/mol. The number of aliphatic hydroxyl groups excluding tert-OH is 1. The van der Waals surface area contributed by atoms with Gasteiger partial charge in [0, 0.05) is 41.1 Å². The number of aryl methyl sites for hydroxylation is 1. The number of aliphatic hydroxyl groups is 1. The molecule has 0 amide bonds. The quantitative estimate of drug-likeness (QED) is 0.386. The molecule has 6 heteroatoms. The molecular formula is C29H30N2O4. The second-order valence-electron chi connectivity index (χ2n) is 10.0. The van der Waals surface area contributed by atoms with Crippen molar-refractivity contribution in [2.24, 2.45) is 0 Å². The Morgan fingerprint density at radius 1 is 1.20 bits per heavy atom. The highest BCUT2D eigenvalue weighted by Crippen LogP contribution is 2.44. The topological polar surface area (TPSA) is 81.5 Å². The van der Waals surface area contributed by atoms with Crippen molar-refractivity contribution in [3.8, 4) is 16.9 Å². The van der Waals surface area contributed by atoms with Gasteiger partial charge >= 0.3 is 0 Å². The minimum Gasteiger partial charge on any atom is -0.493 e. The van der Waals surface area contributed by atoms with Crippen molar-refractivity contribution in [2.45, 2.75) is 52.2 Å². The van der Waals surface area contributed by atoms with Crippen LogP contribution in [0.2, 0.25) is 0 Å². The van der Waals surface area contributed by atoms with Gasteiger partial charge in [0.15, 0.2) is 0 Å². The number of benzene rings is 2. The molecule has 0 saturated heterocycles. The molecule has 6 nitrogen and oxygen atoms in total. The predicted molar refractivity (Wildman–Crippen MR) is 137 cm³/mol. The number of hydrogen-bond acceptors (Lipinski definition) is 6. The van der Waals surface area contributed by atoms with Crippen LogP contribution < -0.4 is 4.74 Å². The minimum atomic E-state index is -0.536. The Kier molecular flexibility index (Phi) is 6.03. The van der Waals surface area contributed by atoms with Crippen LogP contribution in [0.15, 0.2) is 42.6 Å². The van der Waals surface area contributed by atoms with Crippen LogP contribution in [0.4, 0.5) is 0 Å². The van der Waals surface area contributed by atoms with Crippen LogP contribution >= 0.6 is 0 Å². The Morgan fingerprint density at radius 2 is 2.03 bits per heavy atom. The van der Waals surface area contributed by atoms with E-state index in [1.165, 1.54) is 5.56 Å². The minimum absolute atomic E-state index is 0.162. The van der Waals surface area contributed by atoms with E-state index in [-0.39, 0.29) is 13.0 Å². The lowest BCUT2D eigenvalue weighted by molar-refractivity contribution is -0.107. The standard InChI is InChI=1S/C29H30N2O4/c1-17-15-22-20(6-5-19(31-22)10-13-32)27(25(17)24(16-33)35-29(2,3)4)21-7-8-23-26-18(11-14-34-23)9-12-30-28(21)26/h5-9,12-13,15,24,33H,10-11,14,16H2,1-4H3/t24-/m1/s1. The van der Waals surface area contributed by atoms with Crippen molar-refractivity contribution >= 4 is 28.1 Å². The van der Waals surface area contributed by atoms with E-state index in [1.54, 1.807) is 0 Å². The summed E-state index contributed by atoms with van der Waals surface area (Å²) >= 11 is 0. The molecule has 0 fully saturated rings. The number of nitrogens with zero attached hydrogens (tertiary/aromatic N) is 2. The molecule has 2 aromatic heterocycles. The Morgan fingerprint density at radius 3 is 2.77 bits per heavy atom. The molecule has 1 atom stereocenters. The molecule has 3 heterocycles. The summed E-state index contributed by atoms with van der Waals surface area (Å²) in [7, 11) is 0. The number of carbonyl (C=O) groups excluding carboxylic acids is 1. The highest BCUT2D eigenvalue weighted by molar-refractivity contribution is 6.07. The summed E-state index contributed by atoms with van der Waals surface area (Å²) in [5.74, 6) is 0.840. The summed E-state index contributed by atoms with van der Waals surface area (Å²) in [6.45, 7) is 8.47. The number of ether oxygens (including phenoxy) is 2. The van der Waals surface area contributed by atoms with Gasteiger partial charge in [0.05, 0.1) is 29.8 Å². The Bertz CT molecular complexity index is 1430. The van der Waals surface area contributed by atoms with E-state index >= 15 is 0 Å². The molecule has 0 bridgehead atoms. The van der Waals surface area contributed by atoms with Gasteiger partial charge in [-0.3, -0.25) is 9.97 Å². The number of aldehydes is 1. The van der Waals surface area contributed by atoms with Crippen molar-refractivity contribution in [3.05, 3.63) is 65.0 Å². The van der Waals surface area contributed by atoms with Crippen LogP contribution in [0.3, 0.4) is 0 Å². The molecule has 0 radical (unpaired) electrons. The lowest BCUT2D eigenvalue weighted by atomic mass is 9.86. The smallest absolute Gasteiger partial charge is 0.129 e. The lowest BCUT2D eigenvalue weighted by Gasteiger charge is -2.30. The van der Waals surface area contributed by atoms with Crippen molar-refractivity contribution < 1.29 is 19.4 Å². The van der Waals surface area contributed by atoms with Crippen molar-refractivity contribution in [3.63, 3.8) is 0 Å². The Hall–Kier alpha value is -3.35. The van der Waals surface area contributed by atoms with Gasteiger partial charge in [-0.2, -0.15) is 0 Å². The maximum absolute atomic E-state index is 11.1. The van der Waals surface area contributed by atoms with Crippen LogP contribution in [-0.2, 0) is 22.4 Å². The third-order valence-corrected chi connectivity index (χ3v) is 6.41. The third kappa shape index (κ3) is 4.28. The zero-order valence-corrected chi connectivity index (χ0v) is 20.6. The summed E-state index contributed by atoms with van der Waals surface area (Å²) in [6, 6.07) is 12.0. The first kappa shape index (κ1) is 23.4. The molecule has 1 aliphatic heterocycles. The summed E-state index contributed by atoms with van der Waals surface area (Å²) in [4.78, 5) is 20.7. The van der Waals surface area contributed by atoms with Crippen molar-refractivity contribution in [2.75, 3.05) is 13.2 Å². The number of rotatable bonds is 6. The third-order valence-electron chi connectivity index (χ3n) is 6.41. The van der Waals surface area contributed by atoms with Gasteiger partial charge < -0.3 is 19.4 Å². The predicted octanol–water partition coefficient (Wildman–Crippen LogP) is 5.28. The molecule has 5 rings (SSSR count). The molecule has 1 N–H and O–H groups in total. The number of pyridine rings is 2. The first-order chi connectivity index (χ1) is 16.8. The highest BCUT2D eigenvalue weighted by atomic mass is 16.5. The van der Waals surface area contributed by atoms with Gasteiger partial charge in [-0.25, -0.2) is 0 Å². The number of aromatic nitrogens is 2. The van der Waals surface area contributed by atoms with Gasteiger partial charge in [-0.1, -0.05) is 6.07 Å². The van der Waals surface area contributed by atoms with Crippen molar-refractivity contribution in [1.82, 2.24) is 9.97 Å². The van der Waals surface area contributed by atoms with E-state index < -0.39 is 11.7 Å². The fourth-order valence-electron chi connectivity index (χ4n) is 5.09. The first-order valence-corrected chi connectivity index (χ1v) is 12.0. The summed E-state index contributed by atoms with van der Waals surface area (Å²) in [5, 5.41) is 12.4. The zero-order chi connectivity index (χ0) is 24.7. The molecule has 35 heavy (non-hydrogen) atoms. The number of carbonyl (C=O) groups is 1. The second-order valence-corrected chi connectivity index (χ2v) is 10.0. The van der Waals surface area contributed by atoms with Crippen LogP contribution in [0, 0.1) is 6.92 Å². The van der Waals surface area contributed by atoms with E-state index in [9.17, 15) is 9.90 Å². The fourth-order valence-corrected chi connectivity index (χ4v) is 5.09. The van der Waals surface area contributed by atoms with Crippen LogP contribution in [-0.4, -0.2) is 40.2 Å². The van der Waals surface area contributed by atoms with E-state index in [0.717, 1.165) is 68.2 Å². The van der Waals surface area contributed by atoms with E-state index in [4.69, 9.17) is 19.4 Å². The van der Waals surface area contributed by atoms with E-state index in [0.29, 0.717) is 6.61 Å². The van der Waals surface area contributed by atoms with Crippen molar-refractivity contribution in [1.29, 1.82) is 0 Å². The Labute approximate surface area is 204 Å². The molecule has 0 spiro atoms. The molecule has 1 aliphatic rings. The molecule has 0 unspecified atom stereocenters. The first-order valence-electron chi connectivity index (χ1n) is 12.0. The average Bonchev–Trinajstić information content (AvgIpc) is 2.82. The molecule has 4 aromatic rings. The van der Waals surface area contributed by atoms with Gasteiger partial charge in [-0.05, 0) is 80.3 Å². The van der Waals surface area contributed by atoms with E-state index in [2.05, 4.69) is 6.07 Å². The lowest BCUT2D eigenvalue weighted by Crippen LogP contribution is -2.25. The van der Waals surface area contributed by atoms with Gasteiger partial charge in [0.2, 0.25) is 0 Å². The second kappa shape index (κ2) is 9.02. The van der Waals surface area contributed by atoms with E-state index in [1.807, 2.05) is 64.2 Å². The van der Waals surface area contributed by atoms with Crippen LogP contribution in [0.25, 0.3) is 32.9 Å². The van der Waals surface area contributed by atoms with Gasteiger partial charge in [0.25, 0.3) is 0 Å². The average molecular weight is 471 g/mol. The summed E-state index contributed by atoms with van der Waals surface area (Å²) < 4.78 is 12.3. The maximum atomic E-state index is 11.1. The molecule has 180 valence electrons. The SMILES string of the molecule is Cc1cc2nc(CC=O)ccc2c(-c2ccc3c4c(ccnc24)CCO3)c1[C@@H](CO)OC(C)(C)C.